The van der Waals surface area contributed by atoms with E-state index >= 15 is 0 Å². The number of aliphatic hydroxyl groups excluding tert-OH is 1. The summed E-state index contributed by atoms with van der Waals surface area (Å²) in [5.41, 5.74) is 1.82. The molecule has 8 nitrogen and oxygen atoms in total. The summed E-state index contributed by atoms with van der Waals surface area (Å²) in [4.78, 5) is 27.3. The largest absolute Gasteiger partial charge is 0.459 e. The molecule has 1 aromatic heterocycles. The van der Waals surface area contributed by atoms with E-state index in [1.807, 2.05) is 41.4 Å². The fourth-order valence-corrected chi connectivity index (χ4v) is 4.55. The van der Waals surface area contributed by atoms with Gasteiger partial charge >= 0.3 is 0 Å². The fraction of sp³-hybridized carbons (Fsp3) is 0.520. The van der Waals surface area contributed by atoms with E-state index in [1.165, 1.54) is 0 Å². The van der Waals surface area contributed by atoms with Crippen LogP contribution in [0.3, 0.4) is 0 Å². The van der Waals surface area contributed by atoms with Crippen molar-refractivity contribution in [3.8, 4) is 0 Å². The first-order chi connectivity index (χ1) is 16.1. The van der Waals surface area contributed by atoms with Crippen molar-refractivity contribution in [3.63, 3.8) is 0 Å². The molecule has 1 fully saturated rings. The molecule has 1 amide bonds. The number of carbonyl (C=O) groups is 2. The fourth-order valence-electron chi connectivity index (χ4n) is 4.55. The highest BCUT2D eigenvalue weighted by atomic mass is 16.7. The second-order valence-corrected chi connectivity index (χ2v) is 8.47. The standard InChI is InChI=1S/C25H32N2O6/c1-18(29)27-17-21(20-7-3-4-8-22(20)27)19-15-23(25(30)26-9-5-2-6-10-26)33-24(16-19)32-14-13-31-12-11-28/h3-4,7-8,15,17,19,24,28H,2,5-6,9-14,16H2,1H3/t19-,24+/m1/s1. The second kappa shape index (κ2) is 11.0. The first-order valence-corrected chi connectivity index (χ1v) is 11.7. The van der Waals surface area contributed by atoms with Crippen LogP contribution in [0.15, 0.2) is 42.3 Å². The number of piperidine rings is 1. The Labute approximate surface area is 193 Å². The molecule has 1 aromatic carbocycles. The van der Waals surface area contributed by atoms with Gasteiger partial charge in [-0.25, -0.2) is 0 Å². The maximum Gasteiger partial charge on any atom is 0.288 e. The van der Waals surface area contributed by atoms with Gasteiger partial charge in [-0.2, -0.15) is 0 Å². The molecular weight excluding hydrogens is 424 g/mol. The highest BCUT2D eigenvalue weighted by molar-refractivity contribution is 5.95. The quantitative estimate of drug-likeness (QED) is 0.614. The number of hydrogen-bond acceptors (Lipinski definition) is 6. The van der Waals surface area contributed by atoms with E-state index in [-0.39, 0.29) is 37.6 Å². The Hall–Kier alpha value is -2.68. The molecule has 2 atom stereocenters. The van der Waals surface area contributed by atoms with Gasteiger partial charge < -0.3 is 24.2 Å². The third-order valence-electron chi connectivity index (χ3n) is 6.16. The van der Waals surface area contributed by atoms with Gasteiger partial charge in [-0.1, -0.05) is 18.2 Å². The first-order valence-electron chi connectivity index (χ1n) is 11.7. The summed E-state index contributed by atoms with van der Waals surface area (Å²) in [5.74, 6) is -0.0165. The SMILES string of the molecule is CC(=O)n1cc([C@@H]2C=C(C(=O)N3CCCCC3)O[C@H](OCCOCCO)C2)c2ccccc21. The van der Waals surface area contributed by atoms with Crippen LogP contribution in [-0.4, -0.2) is 72.2 Å². The number of carbonyl (C=O) groups excluding carboxylic acids is 2. The van der Waals surface area contributed by atoms with Crippen molar-refractivity contribution in [1.29, 1.82) is 0 Å². The van der Waals surface area contributed by atoms with E-state index in [0.29, 0.717) is 18.8 Å². The van der Waals surface area contributed by atoms with E-state index in [2.05, 4.69) is 0 Å². The average Bonchev–Trinajstić information content (AvgIpc) is 3.24. The molecule has 33 heavy (non-hydrogen) atoms. The van der Waals surface area contributed by atoms with Gasteiger partial charge in [0.15, 0.2) is 5.76 Å². The van der Waals surface area contributed by atoms with Crippen molar-refractivity contribution in [1.82, 2.24) is 9.47 Å². The zero-order chi connectivity index (χ0) is 23.2. The smallest absolute Gasteiger partial charge is 0.288 e. The minimum atomic E-state index is -0.610. The predicted molar refractivity (Wildman–Crippen MR) is 123 cm³/mol. The van der Waals surface area contributed by atoms with E-state index in [4.69, 9.17) is 19.3 Å². The lowest BCUT2D eigenvalue weighted by Crippen LogP contribution is -2.39. The number of ether oxygens (including phenoxy) is 3. The molecule has 178 valence electrons. The number of para-hydroxylation sites is 1. The van der Waals surface area contributed by atoms with E-state index in [0.717, 1.165) is 48.8 Å². The number of likely N-dealkylation sites (tertiary alicyclic amines) is 1. The first kappa shape index (κ1) is 23.5. The van der Waals surface area contributed by atoms with Crippen molar-refractivity contribution in [2.75, 3.05) is 39.5 Å². The summed E-state index contributed by atoms with van der Waals surface area (Å²) in [5, 5.41) is 9.83. The lowest BCUT2D eigenvalue weighted by atomic mass is 9.92. The Bertz CT molecular complexity index is 1010. The Kier molecular flexibility index (Phi) is 7.80. The van der Waals surface area contributed by atoms with Crippen molar-refractivity contribution >= 4 is 22.7 Å². The molecule has 2 aromatic rings. The number of allylic oxidation sites excluding steroid dienone is 1. The molecule has 4 rings (SSSR count). The van der Waals surface area contributed by atoms with E-state index in [9.17, 15) is 9.59 Å². The normalized spacial score (nSPS) is 21.0. The number of benzene rings is 1. The number of nitrogens with zero attached hydrogens (tertiary/aromatic N) is 2. The Morgan fingerprint density at radius 3 is 2.67 bits per heavy atom. The van der Waals surface area contributed by atoms with Crippen molar-refractivity contribution in [2.45, 2.75) is 44.8 Å². The third-order valence-corrected chi connectivity index (χ3v) is 6.16. The summed E-state index contributed by atoms with van der Waals surface area (Å²) in [6.07, 6.45) is 6.78. The van der Waals surface area contributed by atoms with Gasteiger partial charge in [0.25, 0.3) is 5.91 Å². The zero-order valence-electron chi connectivity index (χ0n) is 19.1. The maximum absolute atomic E-state index is 13.2. The van der Waals surface area contributed by atoms with Gasteiger partial charge in [0.05, 0.1) is 31.9 Å². The molecule has 0 spiro atoms. The van der Waals surface area contributed by atoms with Crippen LogP contribution in [0.2, 0.25) is 0 Å². The van der Waals surface area contributed by atoms with Crippen molar-refractivity contribution < 1.29 is 28.9 Å². The molecule has 0 radical (unpaired) electrons. The van der Waals surface area contributed by atoms with Crippen LogP contribution in [-0.2, 0) is 19.0 Å². The van der Waals surface area contributed by atoms with E-state index in [1.54, 1.807) is 11.5 Å². The lowest BCUT2D eigenvalue weighted by Gasteiger charge is -2.33. The van der Waals surface area contributed by atoms with E-state index < -0.39 is 6.29 Å². The monoisotopic (exact) mass is 456 g/mol. The summed E-state index contributed by atoms with van der Waals surface area (Å²) < 4.78 is 18.8. The minimum Gasteiger partial charge on any atom is -0.459 e. The van der Waals surface area contributed by atoms with Gasteiger partial charge in [0.2, 0.25) is 12.2 Å². The number of aliphatic hydroxyl groups is 1. The molecule has 1 N–H and O–H groups in total. The highest BCUT2D eigenvalue weighted by Crippen LogP contribution is 2.37. The van der Waals surface area contributed by atoms with Gasteiger partial charge in [-0.3, -0.25) is 14.2 Å². The average molecular weight is 457 g/mol. The summed E-state index contributed by atoms with van der Waals surface area (Å²) >= 11 is 0. The summed E-state index contributed by atoms with van der Waals surface area (Å²) in [7, 11) is 0. The van der Waals surface area contributed by atoms with Crippen molar-refractivity contribution in [2.24, 2.45) is 0 Å². The number of fused-ring (bicyclic) bond motifs is 1. The van der Waals surface area contributed by atoms with Gasteiger partial charge in [-0.15, -0.1) is 0 Å². The van der Waals surface area contributed by atoms with Gasteiger partial charge in [-0.05, 0) is 37.0 Å². The molecule has 1 saturated heterocycles. The summed E-state index contributed by atoms with van der Waals surface area (Å²) in [6, 6.07) is 7.79. The molecule has 0 unspecified atom stereocenters. The van der Waals surface area contributed by atoms with Crippen molar-refractivity contribution in [3.05, 3.63) is 47.9 Å². The van der Waals surface area contributed by atoms with Crippen LogP contribution in [0.25, 0.3) is 10.9 Å². The zero-order valence-corrected chi connectivity index (χ0v) is 19.1. The summed E-state index contributed by atoms with van der Waals surface area (Å²) in [6.45, 7) is 3.83. The molecule has 0 bridgehead atoms. The third kappa shape index (κ3) is 5.46. The minimum absolute atomic E-state index is 0.0422. The molecule has 8 heteroatoms. The Morgan fingerprint density at radius 1 is 1.12 bits per heavy atom. The molecule has 2 aliphatic rings. The topological polar surface area (TPSA) is 90.2 Å². The van der Waals surface area contributed by atoms with Crippen LogP contribution in [0.1, 0.15) is 48.9 Å². The van der Waals surface area contributed by atoms with Gasteiger partial charge in [0.1, 0.15) is 0 Å². The maximum atomic E-state index is 13.2. The number of aromatic nitrogens is 1. The molecule has 3 heterocycles. The molecular formula is C25H32N2O6. The number of amides is 1. The Balaban J connectivity index is 1.61. The molecule has 2 aliphatic heterocycles. The van der Waals surface area contributed by atoms with Crippen LogP contribution in [0.4, 0.5) is 0 Å². The lowest BCUT2D eigenvalue weighted by molar-refractivity contribution is -0.157. The number of rotatable bonds is 8. The molecule has 0 aliphatic carbocycles. The second-order valence-electron chi connectivity index (χ2n) is 8.47. The number of hydrogen-bond donors (Lipinski definition) is 1. The predicted octanol–water partition coefficient (Wildman–Crippen LogP) is 3.05. The Morgan fingerprint density at radius 2 is 1.91 bits per heavy atom. The van der Waals surface area contributed by atoms with Crippen LogP contribution in [0.5, 0.6) is 0 Å². The molecule has 0 saturated carbocycles. The van der Waals surface area contributed by atoms with Gasteiger partial charge in [0, 0.05) is 43.9 Å². The van der Waals surface area contributed by atoms with Crippen LogP contribution < -0.4 is 0 Å². The van der Waals surface area contributed by atoms with Crippen LogP contribution >= 0.6 is 0 Å². The highest BCUT2D eigenvalue weighted by Gasteiger charge is 2.32. The van der Waals surface area contributed by atoms with Crippen LogP contribution in [0, 0.1) is 0 Å².